The number of ether oxygens (including phenoxy) is 2. The lowest BCUT2D eigenvalue weighted by Crippen LogP contribution is -2.25. The van der Waals surface area contributed by atoms with Gasteiger partial charge >= 0.3 is 0 Å². The number of anilines is 1. The van der Waals surface area contributed by atoms with Crippen LogP contribution >= 0.6 is 11.6 Å². The van der Waals surface area contributed by atoms with Crippen molar-refractivity contribution in [3.8, 4) is 11.5 Å². The molecule has 1 heterocycles. The number of nitrogens with two attached hydrogens (primary N) is 1. The quantitative estimate of drug-likeness (QED) is 0.651. The molecular weight excluding hydrogens is 190 g/mol. The predicted molar refractivity (Wildman–Crippen MR) is 51.4 cm³/mol. The van der Waals surface area contributed by atoms with Gasteiger partial charge in [0.25, 0.3) is 0 Å². The van der Waals surface area contributed by atoms with Crippen LogP contribution in [0.25, 0.3) is 0 Å². The molecule has 1 aromatic carbocycles. The number of benzene rings is 1. The standard InChI is InChI=1S/C9H10ClNO2/c1-5-4-12-8-3-7(11)6(10)2-9(8)13-5/h2-3,5H,4,11H2,1H3/t5-/m1/s1. The second kappa shape index (κ2) is 3.00. The highest BCUT2D eigenvalue weighted by atomic mass is 35.5. The molecule has 3 nitrogen and oxygen atoms in total. The summed E-state index contributed by atoms with van der Waals surface area (Å²) in [7, 11) is 0. The van der Waals surface area contributed by atoms with Gasteiger partial charge in [-0.3, -0.25) is 0 Å². The third kappa shape index (κ3) is 1.52. The van der Waals surface area contributed by atoms with Gasteiger partial charge in [-0.15, -0.1) is 0 Å². The van der Waals surface area contributed by atoms with Gasteiger partial charge in [0.2, 0.25) is 0 Å². The van der Waals surface area contributed by atoms with Gasteiger partial charge in [-0.25, -0.2) is 0 Å². The fraction of sp³-hybridized carbons (Fsp3) is 0.333. The Hall–Kier alpha value is -1.09. The molecule has 0 saturated heterocycles. The summed E-state index contributed by atoms with van der Waals surface area (Å²) in [6.45, 7) is 2.49. The van der Waals surface area contributed by atoms with Gasteiger partial charge in [-0.05, 0) is 6.92 Å². The summed E-state index contributed by atoms with van der Waals surface area (Å²) in [6, 6.07) is 3.37. The number of rotatable bonds is 0. The molecule has 70 valence electrons. The second-order valence-corrected chi connectivity index (χ2v) is 3.47. The first kappa shape index (κ1) is 8.51. The Labute approximate surface area is 81.4 Å². The van der Waals surface area contributed by atoms with Crippen LogP contribution in [-0.4, -0.2) is 12.7 Å². The summed E-state index contributed by atoms with van der Waals surface area (Å²) in [4.78, 5) is 0. The lowest BCUT2D eigenvalue weighted by atomic mass is 10.2. The van der Waals surface area contributed by atoms with Gasteiger partial charge in [-0.2, -0.15) is 0 Å². The van der Waals surface area contributed by atoms with Gasteiger partial charge in [0.05, 0.1) is 10.7 Å². The highest BCUT2D eigenvalue weighted by Crippen LogP contribution is 2.37. The Balaban J connectivity index is 2.43. The smallest absolute Gasteiger partial charge is 0.163 e. The van der Waals surface area contributed by atoms with Crippen molar-refractivity contribution in [1.29, 1.82) is 0 Å². The highest BCUT2D eigenvalue weighted by Gasteiger charge is 2.18. The van der Waals surface area contributed by atoms with Crippen molar-refractivity contribution >= 4 is 17.3 Å². The van der Waals surface area contributed by atoms with Gasteiger partial charge in [0, 0.05) is 12.1 Å². The van der Waals surface area contributed by atoms with E-state index in [1.165, 1.54) is 0 Å². The second-order valence-electron chi connectivity index (χ2n) is 3.06. The molecule has 1 aromatic rings. The number of nitrogen functional groups attached to an aromatic ring is 1. The molecule has 1 aliphatic heterocycles. The Morgan fingerprint density at radius 2 is 2.23 bits per heavy atom. The van der Waals surface area contributed by atoms with Gasteiger partial charge in [0.15, 0.2) is 11.5 Å². The number of hydrogen-bond acceptors (Lipinski definition) is 3. The molecule has 0 fully saturated rings. The van der Waals surface area contributed by atoms with E-state index >= 15 is 0 Å². The molecule has 4 heteroatoms. The fourth-order valence-corrected chi connectivity index (χ4v) is 1.37. The minimum absolute atomic E-state index is 0.0622. The molecule has 0 bridgehead atoms. The summed E-state index contributed by atoms with van der Waals surface area (Å²) in [5.41, 5.74) is 6.12. The average Bonchev–Trinajstić information content (AvgIpc) is 2.08. The van der Waals surface area contributed by atoms with Crippen molar-refractivity contribution in [2.75, 3.05) is 12.3 Å². The Kier molecular flexibility index (Phi) is 1.96. The molecule has 0 aliphatic carbocycles. The van der Waals surface area contributed by atoms with Gasteiger partial charge in [0.1, 0.15) is 12.7 Å². The Bertz CT molecular complexity index is 341. The lowest BCUT2D eigenvalue weighted by molar-refractivity contribution is 0.104. The van der Waals surface area contributed by atoms with Crippen LogP contribution in [0.1, 0.15) is 6.92 Å². The highest BCUT2D eigenvalue weighted by molar-refractivity contribution is 6.33. The summed E-state index contributed by atoms with van der Waals surface area (Å²) >= 11 is 5.83. The van der Waals surface area contributed by atoms with Crippen LogP contribution in [0.3, 0.4) is 0 Å². The van der Waals surface area contributed by atoms with E-state index in [0.29, 0.717) is 28.8 Å². The minimum Gasteiger partial charge on any atom is -0.486 e. The monoisotopic (exact) mass is 199 g/mol. The zero-order valence-electron chi connectivity index (χ0n) is 7.21. The van der Waals surface area contributed by atoms with E-state index in [-0.39, 0.29) is 6.10 Å². The first-order valence-corrected chi connectivity index (χ1v) is 4.43. The van der Waals surface area contributed by atoms with Crippen LogP contribution in [-0.2, 0) is 0 Å². The van der Waals surface area contributed by atoms with Crippen molar-refractivity contribution in [2.24, 2.45) is 0 Å². The number of halogens is 1. The predicted octanol–water partition coefficient (Wildman–Crippen LogP) is 2.08. The normalized spacial score (nSPS) is 20.0. The largest absolute Gasteiger partial charge is 0.486 e. The van der Waals surface area contributed by atoms with E-state index in [9.17, 15) is 0 Å². The lowest BCUT2D eigenvalue weighted by Gasteiger charge is -2.24. The molecule has 0 radical (unpaired) electrons. The number of fused-ring (bicyclic) bond motifs is 1. The van der Waals surface area contributed by atoms with Crippen molar-refractivity contribution in [3.63, 3.8) is 0 Å². The van der Waals surface area contributed by atoms with Crippen LogP contribution < -0.4 is 15.2 Å². The first-order chi connectivity index (χ1) is 6.16. The van der Waals surface area contributed by atoms with Crippen molar-refractivity contribution in [1.82, 2.24) is 0 Å². The molecule has 1 aliphatic rings. The molecule has 0 amide bonds. The molecular formula is C9H10ClNO2. The van der Waals surface area contributed by atoms with Crippen LogP contribution in [0.2, 0.25) is 5.02 Å². The maximum Gasteiger partial charge on any atom is 0.163 e. The SMILES string of the molecule is C[C@@H]1COc2cc(N)c(Cl)cc2O1. The van der Waals surface area contributed by atoms with E-state index in [1.807, 2.05) is 6.92 Å². The van der Waals surface area contributed by atoms with Gasteiger partial charge < -0.3 is 15.2 Å². The van der Waals surface area contributed by atoms with E-state index in [0.717, 1.165) is 0 Å². The van der Waals surface area contributed by atoms with Crippen molar-refractivity contribution < 1.29 is 9.47 Å². The van der Waals surface area contributed by atoms with Gasteiger partial charge in [-0.1, -0.05) is 11.6 Å². The fourth-order valence-electron chi connectivity index (χ4n) is 1.21. The summed E-state index contributed by atoms with van der Waals surface area (Å²) in [5, 5.41) is 0.497. The average molecular weight is 200 g/mol. The molecule has 0 unspecified atom stereocenters. The third-order valence-corrected chi connectivity index (χ3v) is 2.19. The topological polar surface area (TPSA) is 44.5 Å². The van der Waals surface area contributed by atoms with Crippen LogP contribution in [0.5, 0.6) is 11.5 Å². The van der Waals surface area contributed by atoms with E-state index in [4.69, 9.17) is 26.8 Å². The molecule has 1 atom stereocenters. The number of hydrogen-bond donors (Lipinski definition) is 1. The third-order valence-electron chi connectivity index (χ3n) is 1.86. The zero-order valence-corrected chi connectivity index (χ0v) is 7.97. The Morgan fingerprint density at radius 3 is 3.00 bits per heavy atom. The molecule has 0 aromatic heterocycles. The van der Waals surface area contributed by atoms with Crippen molar-refractivity contribution in [3.05, 3.63) is 17.2 Å². The maximum atomic E-state index is 5.83. The zero-order chi connectivity index (χ0) is 9.42. The van der Waals surface area contributed by atoms with E-state index in [2.05, 4.69) is 0 Å². The van der Waals surface area contributed by atoms with Crippen LogP contribution in [0.4, 0.5) is 5.69 Å². The summed E-state index contributed by atoms with van der Waals surface area (Å²) in [5.74, 6) is 1.33. The molecule has 2 rings (SSSR count). The Morgan fingerprint density at radius 1 is 1.46 bits per heavy atom. The summed E-state index contributed by atoms with van der Waals surface area (Å²) in [6.07, 6.45) is 0.0622. The van der Waals surface area contributed by atoms with Crippen LogP contribution in [0.15, 0.2) is 12.1 Å². The first-order valence-electron chi connectivity index (χ1n) is 4.05. The molecule has 0 saturated carbocycles. The van der Waals surface area contributed by atoms with E-state index < -0.39 is 0 Å². The molecule has 13 heavy (non-hydrogen) atoms. The molecule has 0 spiro atoms. The van der Waals surface area contributed by atoms with Crippen molar-refractivity contribution in [2.45, 2.75) is 13.0 Å². The summed E-state index contributed by atoms with van der Waals surface area (Å²) < 4.78 is 10.9. The maximum absolute atomic E-state index is 5.83. The molecule has 2 N–H and O–H groups in total. The van der Waals surface area contributed by atoms with E-state index in [1.54, 1.807) is 12.1 Å². The van der Waals surface area contributed by atoms with Crippen LogP contribution in [0, 0.1) is 0 Å². The minimum atomic E-state index is 0.0622.